The Balaban J connectivity index is 2.66. The van der Waals surface area contributed by atoms with Gasteiger partial charge < -0.3 is 10.1 Å². The first-order chi connectivity index (χ1) is 5.36. The maximum absolute atomic E-state index is 5.00. The predicted molar refractivity (Wildman–Crippen MR) is 44.6 cm³/mol. The minimum absolute atomic E-state index is 0.851. The SMILES string of the molecule is CNCc1[c]cc(OC)cc1. The van der Waals surface area contributed by atoms with Crippen molar-refractivity contribution < 1.29 is 4.74 Å². The van der Waals surface area contributed by atoms with Crippen molar-refractivity contribution in [1.29, 1.82) is 0 Å². The highest BCUT2D eigenvalue weighted by molar-refractivity contribution is 5.25. The molecule has 1 N–H and O–H groups in total. The molecule has 0 aliphatic rings. The van der Waals surface area contributed by atoms with E-state index >= 15 is 0 Å². The molecule has 1 radical (unpaired) electrons. The third kappa shape index (κ3) is 2.24. The molecule has 1 aromatic carbocycles. The van der Waals surface area contributed by atoms with Gasteiger partial charge in [-0.05, 0) is 30.8 Å². The minimum atomic E-state index is 0.851. The molecular weight excluding hydrogens is 138 g/mol. The van der Waals surface area contributed by atoms with Crippen LogP contribution in [-0.4, -0.2) is 14.2 Å². The van der Waals surface area contributed by atoms with E-state index in [0.717, 1.165) is 17.9 Å². The van der Waals surface area contributed by atoms with Crippen LogP contribution in [-0.2, 0) is 6.54 Å². The van der Waals surface area contributed by atoms with Gasteiger partial charge in [-0.2, -0.15) is 0 Å². The molecule has 0 spiro atoms. The van der Waals surface area contributed by atoms with Gasteiger partial charge in [-0.1, -0.05) is 6.07 Å². The molecule has 0 bridgehead atoms. The van der Waals surface area contributed by atoms with Crippen molar-refractivity contribution >= 4 is 0 Å². The topological polar surface area (TPSA) is 21.3 Å². The molecule has 59 valence electrons. The van der Waals surface area contributed by atoms with Crippen molar-refractivity contribution in [2.24, 2.45) is 0 Å². The maximum Gasteiger partial charge on any atom is 0.119 e. The van der Waals surface area contributed by atoms with Gasteiger partial charge in [-0.3, -0.25) is 0 Å². The Morgan fingerprint density at radius 1 is 1.55 bits per heavy atom. The van der Waals surface area contributed by atoms with E-state index in [2.05, 4.69) is 11.4 Å². The van der Waals surface area contributed by atoms with Gasteiger partial charge in [0.05, 0.1) is 7.11 Å². The van der Waals surface area contributed by atoms with E-state index < -0.39 is 0 Å². The van der Waals surface area contributed by atoms with Crippen LogP contribution in [0, 0.1) is 6.07 Å². The summed E-state index contributed by atoms with van der Waals surface area (Å²) < 4.78 is 5.00. The maximum atomic E-state index is 5.00. The highest BCUT2D eigenvalue weighted by atomic mass is 16.5. The van der Waals surface area contributed by atoms with E-state index in [9.17, 15) is 0 Å². The smallest absolute Gasteiger partial charge is 0.119 e. The summed E-state index contributed by atoms with van der Waals surface area (Å²) in [6.07, 6.45) is 0. The van der Waals surface area contributed by atoms with E-state index in [0.29, 0.717) is 0 Å². The molecule has 0 aromatic heterocycles. The van der Waals surface area contributed by atoms with Crippen molar-refractivity contribution in [3.63, 3.8) is 0 Å². The molecule has 1 rings (SSSR count). The van der Waals surface area contributed by atoms with Crippen LogP contribution >= 0.6 is 0 Å². The lowest BCUT2D eigenvalue weighted by Gasteiger charge is -2.00. The summed E-state index contributed by atoms with van der Waals surface area (Å²) in [6.45, 7) is 0.851. The first-order valence-corrected chi connectivity index (χ1v) is 3.56. The zero-order valence-electron chi connectivity index (χ0n) is 6.85. The zero-order valence-corrected chi connectivity index (χ0v) is 6.85. The van der Waals surface area contributed by atoms with Crippen LogP contribution in [0.5, 0.6) is 5.75 Å². The van der Waals surface area contributed by atoms with Gasteiger partial charge in [0.25, 0.3) is 0 Å². The van der Waals surface area contributed by atoms with E-state index in [4.69, 9.17) is 4.74 Å². The zero-order chi connectivity index (χ0) is 8.10. The minimum Gasteiger partial charge on any atom is -0.497 e. The summed E-state index contributed by atoms with van der Waals surface area (Å²) in [6, 6.07) is 8.87. The number of ether oxygens (including phenoxy) is 1. The van der Waals surface area contributed by atoms with E-state index in [-0.39, 0.29) is 0 Å². The van der Waals surface area contributed by atoms with Crippen molar-refractivity contribution in [3.8, 4) is 5.75 Å². The number of benzene rings is 1. The van der Waals surface area contributed by atoms with Crippen LogP contribution in [0.15, 0.2) is 18.2 Å². The summed E-state index contributed by atoms with van der Waals surface area (Å²) >= 11 is 0. The van der Waals surface area contributed by atoms with Gasteiger partial charge in [-0.15, -0.1) is 0 Å². The van der Waals surface area contributed by atoms with Crippen molar-refractivity contribution in [2.45, 2.75) is 6.54 Å². The summed E-state index contributed by atoms with van der Waals surface area (Å²) in [7, 11) is 3.57. The molecular formula is C9H12NO. The molecule has 0 atom stereocenters. The molecule has 0 heterocycles. The fraction of sp³-hybridized carbons (Fsp3) is 0.333. The van der Waals surface area contributed by atoms with Crippen LogP contribution < -0.4 is 10.1 Å². The van der Waals surface area contributed by atoms with Crippen LogP contribution in [0.25, 0.3) is 0 Å². The third-order valence-electron chi connectivity index (χ3n) is 1.45. The Hall–Kier alpha value is -1.02. The van der Waals surface area contributed by atoms with E-state index in [1.165, 1.54) is 0 Å². The molecule has 0 unspecified atom stereocenters. The van der Waals surface area contributed by atoms with Crippen molar-refractivity contribution in [1.82, 2.24) is 5.32 Å². The monoisotopic (exact) mass is 150 g/mol. The molecule has 2 heteroatoms. The second kappa shape index (κ2) is 3.98. The molecule has 0 amide bonds. The largest absolute Gasteiger partial charge is 0.497 e. The highest BCUT2D eigenvalue weighted by Crippen LogP contribution is 2.09. The van der Waals surface area contributed by atoms with Gasteiger partial charge in [0.1, 0.15) is 5.75 Å². The van der Waals surface area contributed by atoms with Gasteiger partial charge in [-0.25, -0.2) is 0 Å². The lowest BCUT2D eigenvalue weighted by atomic mass is 10.2. The Labute approximate surface area is 67.2 Å². The van der Waals surface area contributed by atoms with Gasteiger partial charge in [0.15, 0.2) is 0 Å². The predicted octanol–water partition coefficient (Wildman–Crippen LogP) is 1.21. The fourth-order valence-corrected chi connectivity index (χ4v) is 0.870. The normalized spacial score (nSPS) is 9.64. The van der Waals surface area contributed by atoms with Gasteiger partial charge in [0, 0.05) is 6.54 Å². The standard InChI is InChI=1S/C9H12NO/c1-10-7-8-3-5-9(11-2)6-4-8/h3,5-6,10H,7H2,1-2H3. The number of methoxy groups -OCH3 is 1. The Bertz CT molecular complexity index is 205. The van der Waals surface area contributed by atoms with Gasteiger partial charge >= 0.3 is 0 Å². The van der Waals surface area contributed by atoms with Crippen LogP contribution in [0.2, 0.25) is 0 Å². The van der Waals surface area contributed by atoms with Gasteiger partial charge in [0.2, 0.25) is 0 Å². The molecule has 0 aliphatic heterocycles. The lowest BCUT2D eigenvalue weighted by molar-refractivity contribution is 0.414. The summed E-state index contributed by atoms with van der Waals surface area (Å²) in [5, 5.41) is 3.05. The second-order valence-electron chi connectivity index (χ2n) is 2.28. The molecule has 0 saturated carbocycles. The lowest BCUT2D eigenvalue weighted by Crippen LogP contribution is -2.04. The van der Waals surface area contributed by atoms with Crippen molar-refractivity contribution in [3.05, 3.63) is 29.8 Å². The quantitative estimate of drug-likeness (QED) is 0.699. The van der Waals surface area contributed by atoms with Crippen LogP contribution in [0.3, 0.4) is 0 Å². The molecule has 1 aromatic rings. The Kier molecular flexibility index (Phi) is 2.93. The average Bonchev–Trinajstić information content (AvgIpc) is 2.07. The molecule has 0 fully saturated rings. The van der Waals surface area contributed by atoms with Crippen molar-refractivity contribution in [2.75, 3.05) is 14.2 Å². The summed E-state index contributed by atoms with van der Waals surface area (Å²) in [5.41, 5.74) is 1.15. The van der Waals surface area contributed by atoms with E-state index in [1.807, 2.05) is 25.2 Å². The number of rotatable bonds is 3. The van der Waals surface area contributed by atoms with Crippen LogP contribution in [0.1, 0.15) is 5.56 Å². The molecule has 11 heavy (non-hydrogen) atoms. The first kappa shape index (κ1) is 8.08. The molecule has 2 nitrogen and oxygen atoms in total. The number of nitrogens with one attached hydrogen (secondary N) is 1. The second-order valence-corrected chi connectivity index (χ2v) is 2.28. The number of hydrogen-bond acceptors (Lipinski definition) is 2. The average molecular weight is 150 g/mol. The van der Waals surface area contributed by atoms with E-state index in [1.54, 1.807) is 7.11 Å². The summed E-state index contributed by atoms with van der Waals surface area (Å²) in [4.78, 5) is 0. The third-order valence-corrected chi connectivity index (χ3v) is 1.45. The van der Waals surface area contributed by atoms with Crippen LogP contribution in [0.4, 0.5) is 0 Å². The first-order valence-electron chi connectivity index (χ1n) is 3.56. The summed E-state index contributed by atoms with van der Waals surface area (Å²) in [5.74, 6) is 0.852. The highest BCUT2D eigenvalue weighted by Gasteiger charge is 1.91. The Morgan fingerprint density at radius 2 is 2.36 bits per heavy atom. The Morgan fingerprint density at radius 3 is 2.82 bits per heavy atom. The fourth-order valence-electron chi connectivity index (χ4n) is 0.870. The number of hydrogen-bond donors (Lipinski definition) is 1. The molecule has 0 saturated heterocycles. The molecule has 0 aliphatic carbocycles.